The normalized spacial score (nSPS) is 18.3. The smallest absolute Gasteiger partial charge is 0.475 e. The van der Waals surface area contributed by atoms with E-state index in [0.717, 1.165) is 4.90 Å². The van der Waals surface area contributed by atoms with Crippen molar-refractivity contribution in [1.29, 1.82) is 0 Å². The summed E-state index contributed by atoms with van der Waals surface area (Å²) < 4.78 is 0. The van der Waals surface area contributed by atoms with E-state index in [-0.39, 0.29) is 139 Å². The van der Waals surface area contributed by atoms with Gasteiger partial charge in [-0.05, 0) is 38.3 Å². The highest BCUT2D eigenvalue weighted by molar-refractivity contribution is 6.43. The first-order valence-electron chi connectivity index (χ1n) is 24.5. The number of fused-ring (bicyclic) bond motifs is 1. The molecule has 0 radical (unpaired) electrons. The number of carbonyl (C=O) groups excluding carboxylic acids is 7. The number of carbonyl (C=O) groups is 10. The van der Waals surface area contributed by atoms with Crippen LogP contribution in [0.15, 0.2) is 35.5 Å². The molecule has 1 aromatic heterocycles. The number of primary amides is 1. The number of nitrogens with two attached hydrogens (primary N) is 3. The molecule has 2 aliphatic rings. The molecule has 32 heteroatoms. The summed E-state index contributed by atoms with van der Waals surface area (Å²) in [5, 5.41) is 70.9. The number of guanidine groups is 1. The number of likely N-dealkylation sites (tertiary alicyclic amines) is 1. The number of hydrogen-bond donors (Lipinski definition) is 14. The molecule has 0 spiro atoms. The highest BCUT2D eigenvalue weighted by Gasteiger charge is 2.42. The van der Waals surface area contributed by atoms with Crippen molar-refractivity contribution in [3.8, 4) is 0 Å². The first-order valence-corrected chi connectivity index (χ1v) is 24.5. The molecule has 1 aromatic carbocycles. The predicted octanol–water partition coefficient (Wildman–Crippen LogP) is -7.24. The van der Waals surface area contributed by atoms with E-state index in [0.29, 0.717) is 0 Å². The summed E-state index contributed by atoms with van der Waals surface area (Å²) in [5.74, 6) is -10.7. The fourth-order valence-corrected chi connectivity index (χ4v) is 8.61. The Morgan fingerprint density at radius 3 is 1.86 bits per heavy atom. The first-order chi connectivity index (χ1) is 36.4. The number of carboxylic acids is 3. The monoisotopic (exact) mass is 1090 g/mol. The van der Waals surface area contributed by atoms with Gasteiger partial charge in [0.25, 0.3) is 5.91 Å². The Labute approximate surface area is 441 Å². The van der Waals surface area contributed by atoms with Crippen molar-refractivity contribution in [3.05, 3.63) is 36.0 Å². The van der Waals surface area contributed by atoms with Gasteiger partial charge in [-0.15, -0.1) is 0 Å². The number of amides is 7. The van der Waals surface area contributed by atoms with Gasteiger partial charge in [-0.25, -0.2) is 0 Å². The molecule has 2 aromatic rings. The number of aliphatic hydroxyl groups excluding tert-OH is 1. The largest absolute Gasteiger partial charge is 0.481 e. The van der Waals surface area contributed by atoms with Crippen LogP contribution in [0.3, 0.4) is 0 Å². The summed E-state index contributed by atoms with van der Waals surface area (Å²) in [6.45, 7) is 0.580. The standard InChI is InChI=1S/C45H68BN15O16/c1-26(44(75)61-21-27(62)18-33(61)46(76)77)53-41(72)29-7-9-50-40-28(29)4-2-5-30(40)56-43(74)32(19-37(66)67)55-35(64)20-52-42(73)31(6-3-8-51-45(48)49)54-36(65)23-58-12-16-59(24-38(68)69)14-10-57(22-34(47)63)11-15-60(17-13-58)25-39(70)71/h2,4-5,7,9,26-27,31-33,62,76-77H,3,6,8,10-25H2,1H3,(H2,47,63)(H,52,73)(H,53,72)(H,54,65)(H,55,64)(H,56,74)(H,66,67)(H,68,69)(H,70,71)(H4,48,49,51)/t26-,27+,31+,32+,33+/m1/s1. The summed E-state index contributed by atoms with van der Waals surface area (Å²) in [7, 11) is -1.93. The number of anilines is 1. The van der Waals surface area contributed by atoms with Crippen LogP contribution in [0.2, 0.25) is 0 Å². The second-order valence-electron chi connectivity index (χ2n) is 18.5. The number of carboxylic acid groups (broad SMARTS) is 3. The lowest BCUT2D eigenvalue weighted by Gasteiger charge is -2.33. The van der Waals surface area contributed by atoms with Crippen LogP contribution < -0.4 is 43.8 Å². The molecule has 2 fully saturated rings. The molecule has 0 saturated carbocycles. The number of hydrogen-bond acceptors (Lipinski definition) is 19. The third-order valence-corrected chi connectivity index (χ3v) is 12.4. The number of aromatic nitrogens is 1. The van der Waals surface area contributed by atoms with Crippen LogP contribution in [0.1, 0.15) is 43.0 Å². The van der Waals surface area contributed by atoms with Crippen molar-refractivity contribution in [1.82, 2.24) is 50.8 Å². The number of benzene rings is 1. The van der Waals surface area contributed by atoms with Crippen molar-refractivity contribution in [2.45, 2.75) is 62.8 Å². The lowest BCUT2D eigenvalue weighted by atomic mass is 9.77. The van der Waals surface area contributed by atoms with E-state index >= 15 is 0 Å². The van der Waals surface area contributed by atoms with Gasteiger partial charge < -0.3 is 79.2 Å². The molecule has 2 aliphatic heterocycles. The van der Waals surface area contributed by atoms with E-state index in [9.17, 15) is 78.4 Å². The number of pyridine rings is 1. The average Bonchev–Trinajstić information content (AvgIpc) is 3.75. The molecule has 3 heterocycles. The van der Waals surface area contributed by atoms with Gasteiger partial charge in [-0.1, -0.05) is 12.1 Å². The molecule has 422 valence electrons. The summed E-state index contributed by atoms with van der Waals surface area (Å²) in [5.41, 5.74) is 16.4. The highest BCUT2D eigenvalue weighted by atomic mass is 16.4. The predicted molar refractivity (Wildman–Crippen MR) is 273 cm³/mol. The van der Waals surface area contributed by atoms with Gasteiger partial charge in [0.1, 0.15) is 18.1 Å². The molecule has 0 unspecified atom stereocenters. The van der Waals surface area contributed by atoms with Gasteiger partial charge in [0.05, 0.1) is 68.0 Å². The van der Waals surface area contributed by atoms with E-state index in [1.54, 1.807) is 19.6 Å². The van der Waals surface area contributed by atoms with Crippen molar-refractivity contribution in [2.24, 2.45) is 22.2 Å². The molecule has 5 atom stereocenters. The summed E-state index contributed by atoms with van der Waals surface area (Å²) in [4.78, 5) is 144. The zero-order valence-corrected chi connectivity index (χ0v) is 42.4. The van der Waals surface area contributed by atoms with Crippen LogP contribution in [-0.4, -0.2) is 261 Å². The van der Waals surface area contributed by atoms with Crippen molar-refractivity contribution < 1.29 is 78.4 Å². The molecule has 31 nitrogen and oxygen atoms in total. The van der Waals surface area contributed by atoms with Gasteiger partial charge in [0, 0.05) is 77.0 Å². The van der Waals surface area contributed by atoms with E-state index in [1.807, 2.05) is 0 Å². The topological polar surface area (TPSA) is 472 Å². The third-order valence-electron chi connectivity index (χ3n) is 12.4. The minimum Gasteiger partial charge on any atom is -0.481 e. The summed E-state index contributed by atoms with van der Waals surface area (Å²) in [6.07, 6.45) is -0.677. The summed E-state index contributed by atoms with van der Waals surface area (Å²) >= 11 is 0. The molecular weight excluding hydrogens is 1020 g/mol. The molecule has 0 aliphatic carbocycles. The number of para-hydroxylation sites is 1. The second kappa shape index (κ2) is 30.2. The van der Waals surface area contributed by atoms with Gasteiger partial charge in [0.15, 0.2) is 5.96 Å². The van der Waals surface area contributed by atoms with E-state index < -0.39 is 110 Å². The number of aliphatic carboxylic acids is 3. The van der Waals surface area contributed by atoms with Gasteiger partial charge in [-0.2, -0.15) is 0 Å². The number of aliphatic hydroxyl groups is 1. The zero-order valence-electron chi connectivity index (χ0n) is 42.4. The SMILES string of the molecule is C[C@@H](NC(=O)c1ccnc2c(NC(=O)[C@H](CC(=O)O)NC(=O)CNC(=O)[C@H](CCCN=C(N)N)NC(=O)CN3CCN(CC(=O)O)CCN(CC(N)=O)CCN(CC(=O)O)CC3)cccc12)C(=O)N1C[C@@H](O)C[C@H]1B(O)O. The number of β-amino-alcohol motifs (C(OH)–C–C–N with tert-alkyl or cyclic N) is 1. The molecule has 77 heavy (non-hydrogen) atoms. The number of aliphatic imine (C=N–C) groups is 1. The van der Waals surface area contributed by atoms with E-state index in [4.69, 9.17) is 17.2 Å². The number of nitrogens with one attached hydrogen (secondary N) is 5. The van der Waals surface area contributed by atoms with E-state index in [2.05, 4.69) is 36.6 Å². The van der Waals surface area contributed by atoms with Crippen LogP contribution in [0, 0.1) is 0 Å². The Hall–Kier alpha value is -7.62. The average molecular weight is 1090 g/mol. The molecule has 4 rings (SSSR count). The number of rotatable bonds is 25. The van der Waals surface area contributed by atoms with Crippen LogP contribution >= 0.6 is 0 Å². The van der Waals surface area contributed by atoms with Gasteiger partial charge >= 0.3 is 25.0 Å². The van der Waals surface area contributed by atoms with Crippen LogP contribution in [0.4, 0.5) is 5.69 Å². The molecule has 17 N–H and O–H groups in total. The lowest BCUT2D eigenvalue weighted by Crippen LogP contribution is -2.53. The van der Waals surface area contributed by atoms with E-state index in [1.165, 1.54) is 37.4 Å². The molecule has 0 bridgehead atoms. The maximum Gasteiger partial charge on any atom is 0.475 e. The van der Waals surface area contributed by atoms with Crippen LogP contribution in [0.5, 0.6) is 0 Å². The molecule has 7 amide bonds. The molecule has 2 saturated heterocycles. The van der Waals surface area contributed by atoms with Crippen LogP contribution in [0.25, 0.3) is 10.9 Å². The summed E-state index contributed by atoms with van der Waals surface area (Å²) in [6, 6.07) is 1.44. The number of nitrogens with zero attached hydrogens (tertiary/aromatic N) is 7. The fourth-order valence-electron chi connectivity index (χ4n) is 8.61. The first kappa shape index (κ1) is 61.9. The fraction of sp³-hybridized carbons (Fsp3) is 0.556. The Morgan fingerprint density at radius 2 is 1.31 bits per heavy atom. The van der Waals surface area contributed by atoms with Gasteiger partial charge in [-0.3, -0.25) is 77.5 Å². The Kier molecular flexibility index (Phi) is 24.3. The van der Waals surface area contributed by atoms with Crippen molar-refractivity contribution in [2.75, 3.05) is 103 Å². The minimum atomic E-state index is -1.93. The quantitative estimate of drug-likeness (QED) is 0.0190. The third kappa shape index (κ3) is 20.8. The van der Waals surface area contributed by atoms with Gasteiger partial charge in [0.2, 0.25) is 35.4 Å². The minimum absolute atomic E-state index is 0.00217. The van der Waals surface area contributed by atoms with Crippen LogP contribution in [-0.2, 0) is 43.2 Å². The maximum atomic E-state index is 13.7. The Morgan fingerprint density at radius 1 is 0.740 bits per heavy atom. The Balaban J connectivity index is 1.44. The zero-order chi connectivity index (χ0) is 56.9. The van der Waals surface area contributed by atoms with Crippen molar-refractivity contribution in [3.63, 3.8) is 0 Å². The maximum absolute atomic E-state index is 13.7. The highest BCUT2D eigenvalue weighted by Crippen LogP contribution is 2.25. The molecular formula is C45H68BN15O16. The Bertz CT molecular complexity index is 2450. The van der Waals surface area contributed by atoms with Crippen molar-refractivity contribution >= 4 is 88.9 Å². The lowest BCUT2D eigenvalue weighted by molar-refractivity contribution is -0.140. The second-order valence-corrected chi connectivity index (χ2v) is 18.5.